The summed E-state index contributed by atoms with van der Waals surface area (Å²) in [6.45, 7) is 1.47. The molecule has 0 unspecified atom stereocenters. The minimum Gasteiger partial charge on any atom is -0.497 e. The molecule has 0 aliphatic heterocycles. The summed E-state index contributed by atoms with van der Waals surface area (Å²) in [5, 5.41) is 0.396. The van der Waals surface area contributed by atoms with Crippen LogP contribution in [0.15, 0.2) is 40.7 Å². The maximum Gasteiger partial charge on any atom is 0.272 e. The van der Waals surface area contributed by atoms with E-state index in [1.807, 2.05) is 0 Å². The van der Waals surface area contributed by atoms with Crippen LogP contribution in [0, 0.1) is 24.4 Å². The van der Waals surface area contributed by atoms with Gasteiger partial charge in [-0.25, -0.2) is 30.9 Å². The third-order valence-electron chi connectivity index (χ3n) is 4.12. The number of hydrogen-bond acceptors (Lipinski definition) is 5. The van der Waals surface area contributed by atoms with Crippen LogP contribution in [0.3, 0.4) is 0 Å². The number of hydrogen-bond donors (Lipinski definition) is 0. The molecule has 0 amide bonds. The van der Waals surface area contributed by atoms with Gasteiger partial charge in [0.25, 0.3) is 10.0 Å². The van der Waals surface area contributed by atoms with E-state index in [0.29, 0.717) is 16.9 Å². The largest absolute Gasteiger partial charge is 0.497 e. The first-order valence-electron chi connectivity index (χ1n) is 8.05. The van der Waals surface area contributed by atoms with Gasteiger partial charge in [0.2, 0.25) is 0 Å². The van der Waals surface area contributed by atoms with Crippen LogP contribution in [0.2, 0.25) is 5.02 Å². The number of ether oxygens (including phenoxy) is 1. The van der Waals surface area contributed by atoms with Crippen LogP contribution < -0.4 is 9.04 Å². The summed E-state index contributed by atoms with van der Waals surface area (Å²) in [6.07, 6.45) is 1.35. The fourth-order valence-electron chi connectivity index (χ4n) is 2.62. The van der Waals surface area contributed by atoms with Crippen molar-refractivity contribution in [1.82, 2.24) is 4.98 Å². The maximum atomic E-state index is 14.5. The quantitative estimate of drug-likeness (QED) is 0.385. The SMILES string of the molecule is COc1ccc(CN(c2nccs2)S(=O)(=O)c2c(F)cc(F)c(Cl)c2F)c(C)c1. The summed E-state index contributed by atoms with van der Waals surface area (Å²) in [6, 6.07) is 5.19. The molecule has 0 spiro atoms. The van der Waals surface area contributed by atoms with Gasteiger partial charge in [-0.3, -0.25) is 0 Å². The van der Waals surface area contributed by atoms with Crippen molar-refractivity contribution in [3.05, 3.63) is 69.4 Å². The Bertz CT molecular complexity index is 1160. The molecule has 5 nitrogen and oxygen atoms in total. The van der Waals surface area contributed by atoms with Crippen LogP contribution in [0.25, 0.3) is 0 Å². The Labute approximate surface area is 174 Å². The van der Waals surface area contributed by atoms with Gasteiger partial charge >= 0.3 is 0 Å². The van der Waals surface area contributed by atoms with Gasteiger partial charge < -0.3 is 4.74 Å². The zero-order valence-corrected chi connectivity index (χ0v) is 17.5. The van der Waals surface area contributed by atoms with E-state index in [0.717, 1.165) is 15.6 Å². The topological polar surface area (TPSA) is 59.5 Å². The second kappa shape index (κ2) is 8.21. The van der Waals surface area contributed by atoms with E-state index in [1.54, 1.807) is 25.1 Å². The Morgan fingerprint density at radius 3 is 2.52 bits per heavy atom. The van der Waals surface area contributed by atoms with Crippen LogP contribution in [0.1, 0.15) is 11.1 Å². The lowest BCUT2D eigenvalue weighted by Gasteiger charge is -2.23. The highest BCUT2D eigenvalue weighted by Crippen LogP contribution is 2.34. The number of rotatable bonds is 6. The first-order valence-corrected chi connectivity index (χ1v) is 10.7. The van der Waals surface area contributed by atoms with E-state index < -0.39 is 37.4 Å². The molecular weight excluding hydrogens is 449 g/mol. The maximum absolute atomic E-state index is 14.5. The van der Waals surface area contributed by atoms with Crippen molar-refractivity contribution in [2.24, 2.45) is 0 Å². The molecule has 1 aromatic heterocycles. The van der Waals surface area contributed by atoms with Crippen molar-refractivity contribution in [2.45, 2.75) is 18.4 Å². The van der Waals surface area contributed by atoms with E-state index in [9.17, 15) is 21.6 Å². The molecule has 0 radical (unpaired) electrons. The van der Waals surface area contributed by atoms with E-state index in [1.165, 1.54) is 18.7 Å². The summed E-state index contributed by atoms with van der Waals surface area (Å²) in [4.78, 5) is 2.61. The molecule has 1 heterocycles. The minimum absolute atomic E-state index is 0.0144. The van der Waals surface area contributed by atoms with Gasteiger partial charge in [-0.15, -0.1) is 11.3 Å². The third kappa shape index (κ3) is 4.05. The van der Waals surface area contributed by atoms with Crippen molar-refractivity contribution in [3.63, 3.8) is 0 Å². The lowest BCUT2D eigenvalue weighted by atomic mass is 10.1. The number of aryl methyl sites for hydroxylation is 1. The second-order valence-corrected chi connectivity index (χ2v) is 8.97. The molecule has 3 rings (SSSR count). The van der Waals surface area contributed by atoms with Gasteiger partial charge in [-0.1, -0.05) is 17.7 Å². The number of anilines is 1. The molecular formula is C18H14ClF3N2O3S2. The monoisotopic (exact) mass is 462 g/mol. The number of nitrogens with zero attached hydrogens (tertiary/aromatic N) is 2. The van der Waals surface area contributed by atoms with Gasteiger partial charge in [-0.2, -0.15) is 0 Å². The van der Waals surface area contributed by atoms with Gasteiger partial charge in [-0.05, 0) is 30.2 Å². The summed E-state index contributed by atoms with van der Waals surface area (Å²) >= 11 is 6.45. The first-order chi connectivity index (χ1) is 13.7. The fourth-order valence-corrected chi connectivity index (χ4v) is 5.21. The van der Waals surface area contributed by atoms with E-state index in [-0.39, 0.29) is 17.7 Å². The number of methoxy groups -OCH3 is 1. The normalized spacial score (nSPS) is 11.5. The van der Waals surface area contributed by atoms with E-state index in [2.05, 4.69) is 4.98 Å². The van der Waals surface area contributed by atoms with Crippen LogP contribution in [-0.2, 0) is 16.6 Å². The molecule has 0 atom stereocenters. The van der Waals surface area contributed by atoms with E-state index in [4.69, 9.17) is 16.3 Å². The Morgan fingerprint density at radius 2 is 1.93 bits per heavy atom. The van der Waals surface area contributed by atoms with Crippen LogP contribution in [-0.4, -0.2) is 20.5 Å². The Morgan fingerprint density at radius 1 is 1.21 bits per heavy atom. The molecule has 0 saturated heterocycles. The summed E-state index contributed by atoms with van der Waals surface area (Å²) in [7, 11) is -3.32. The van der Waals surface area contributed by atoms with Gasteiger partial charge in [0.1, 0.15) is 22.4 Å². The van der Waals surface area contributed by atoms with Crippen molar-refractivity contribution in [1.29, 1.82) is 0 Å². The highest BCUT2D eigenvalue weighted by Gasteiger charge is 2.35. The van der Waals surface area contributed by atoms with Gasteiger partial charge in [0.05, 0.1) is 13.7 Å². The first kappa shape index (κ1) is 21.4. The Hall–Kier alpha value is -2.30. The van der Waals surface area contributed by atoms with Crippen molar-refractivity contribution in [3.8, 4) is 5.75 Å². The second-order valence-electron chi connectivity index (χ2n) is 5.92. The molecule has 0 N–H and O–H groups in total. The highest BCUT2D eigenvalue weighted by atomic mass is 35.5. The molecule has 154 valence electrons. The molecule has 29 heavy (non-hydrogen) atoms. The number of aromatic nitrogens is 1. The standard InChI is InChI=1S/C18H14ClF3N2O3S2/c1-10-7-12(27-2)4-3-11(10)9-24(18-23-5-6-28-18)29(25,26)17-14(21)8-13(20)15(19)16(17)22/h3-8H,9H2,1-2H3. The van der Waals surface area contributed by atoms with Crippen molar-refractivity contribution >= 4 is 38.1 Å². The average molecular weight is 463 g/mol. The lowest BCUT2D eigenvalue weighted by Crippen LogP contribution is -2.32. The summed E-state index contributed by atoms with van der Waals surface area (Å²) in [5.74, 6) is -4.11. The fraction of sp³-hybridized carbons (Fsp3) is 0.167. The zero-order valence-electron chi connectivity index (χ0n) is 15.1. The molecule has 0 bridgehead atoms. The number of thiazole rings is 1. The van der Waals surface area contributed by atoms with Crippen LogP contribution >= 0.6 is 22.9 Å². The molecule has 2 aromatic carbocycles. The lowest BCUT2D eigenvalue weighted by molar-refractivity contribution is 0.414. The van der Waals surface area contributed by atoms with Crippen molar-refractivity contribution in [2.75, 3.05) is 11.4 Å². The molecule has 11 heteroatoms. The molecule has 0 fully saturated rings. The number of halogens is 4. The molecule has 0 aliphatic carbocycles. The van der Waals surface area contributed by atoms with Crippen LogP contribution in [0.5, 0.6) is 5.75 Å². The Balaban J connectivity index is 2.15. The average Bonchev–Trinajstić information content (AvgIpc) is 3.18. The summed E-state index contributed by atoms with van der Waals surface area (Å²) in [5.41, 5.74) is 1.25. The predicted octanol–water partition coefficient (Wildman–Crippen LogP) is 4.93. The highest BCUT2D eigenvalue weighted by molar-refractivity contribution is 7.93. The molecule has 3 aromatic rings. The van der Waals surface area contributed by atoms with Crippen molar-refractivity contribution < 1.29 is 26.3 Å². The molecule has 0 saturated carbocycles. The predicted molar refractivity (Wildman–Crippen MR) is 105 cm³/mol. The Kier molecular flexibility index (Phi) is 6.06. The van der Waals surface area contributed by atoms with Crippen LogP contribution in [0.4, 0.5) is 18.3 Å². The number of sulfonamides is 1. The summed E-state index contributed by atoms with van der Waals surface area (Å²) < 4.78 is 74.6. The smallest absolute Gasteiger partial charge is 0.272 e. The van der Waals surface area contributed by atoms with Gasteiger partial charge in [0.15, 0.2) is 15.8 Å². The number of benzene rings is 2. The minimum atomic E-state index is -4.81. The zero-order chi connectivity index (χ0) is 21.3. The molecule has 0 aliphatic rings. The van der Waals surface area contributed by atoms with Gasteiger partial charge in [0, 0.05) is 17.6 Å². The van der Waals surface area contributed by atoms with E-state index >= 15 is 0 Å². The third-order valence-corrected chi connectivity index (χ3v) is 7.15.